The van der Waals surface area contributed by atoms with E-state index < -0.39 is 14.9 Å². The van der Waals surface area contributed by atoms with Gasteiger partial charge in [-0.3, -0.25) is 9.52 Å². The van der Waals surface area contributed by atoms with E-state index in [0.717, 1.165) is 0 Å². The standard InChI is InChI=1S/C12H14ClN3O3S2/c1-7-11(20-12(17)14-7)21(18,19)15-9-6-8(13)4-5-10(9)16(2)3/h4-6,15H,1-3H3,(H,14,17). The number of sulfonamides is 1. The molecule has 0 radical (unpaired) electrons. The van der Waals surface area contributed by atoms with Crippen molar-refractivity contribution in [2.75, 3.05) is 23.7 Å². The number of hydrogen-bond donors (Lipinski definition) is 2. The van der Waals surface area contributed by atoms with Crippen molar-refractivity contribution in [3.8, 4) is 0 Å². The van der Waals surface area contributed by atoms with Crippen molar-refractivity contribution in [2.45, 2.75) is 11.1 Å². The lowest BCUT2D eigenvalue weighted by Crippen LogP contribution is -2.17. The summed E-state index contributed by atoms with van der Waals surface area (Å²) < 4.78 is 27.2. The number of halogens is 1. The lowest BCUT2D eigenvalue weighted by Gasteiger charge is -2.18. The van der Waals surface area contributed by atoms with E-state index in [9.17, 15) is 13.2 Å². The molecule has 0 saturated carbocycles. The molecule has 6 nitrogen and oxygen atoms in total. The summed E-state index contributed by atoms with van der Waals surface area (Å²) in [6.07, 6.45) is 0. The lowest BCUT2D eigenvalue weighted by molar-refractivity contribution is 0.602. The van der Waals surface area contributed by atoms with E-state index in [1.165, 1.54) is 13.0 Å². The molecule has 0 atom stereocenters. The van der Waals surface area contributed by atoms with Crippen LogP contribution in [-0.2, 0) is 10.0 Å². The van der Waals surface area contributed by atoms with E-state index >= 15 is 0 Å². The van der Waals surface area contributed by atoms with Crippen LogP contribution in [0.25, 0.3) is 0 Å². The highest BCUT2D eigenvalue weighted by atomic mass is 35.5. The zero-order chi connectivity index (χ0) is 15.8. The number of nitrogens with one attached hydrogen (secondary N) is 2. The minimum absolute atomic E-state index is 0.0304. The number of aryl methyl sites for hydroxylation is 1. The van der Waals surface area contributed by atoms with Crippen LogP contribution in [0.2, 0.25) is 5.02 Å². The zero-order valence-corrected chi connectivity index (χ0v) is 14.0. The minimum Gasteiger partial charge on any atom is -0.376 e. The number of H-pyrrole nitrogens is 1. The third kappa shape index (κ3) is 3.39. The molecule has 0 fully saturated rings. The second-order valence-corrected chi connectivity index (χ2v) is 7.89. The number of nitrogens with zero attached hydrogens (tertiary/aromatic N) is 1. The molecule has 21 heavy (non-hydrogen) atoms. The van der Waals surface area contributed by atoms with Gasteiger partial charge < -0.3 is 9.88 Å². The van der Waals surface area contributed by atoms with Gasteiger partial charge in [0.15, 0.2) is 4.21 Å². The molecule has 0 unspecified atom stereocenters. The van der Waals surface area contributed by atoms with E-state index in [2.05, 4.69) is 9.71 Å². The van der Waals surface area contributed by atoms with Crippen LogP contribution in [0.5, 0.6) is 0 Å². The predicted molar refractivity (Wildman–Crippen MR) is 86.3 cm³/mol. The Morgan fingerprint density at radius 3 is 2.52 bits per heavy atom. The maximum atomic E-state index is 12.4. The molecule has 9 heteroatoms. The quantitative estimate of drug-likeness (QED) is 0.888. The predicted octanol–water partition coefficient (Wildman–Crippen LogP) is 2.27. The van der Waals surface area contributed by atoms with Crippen molar-refractivity contribution < 1.29 is 8.42 Å². The van der Waals surface area contributed by atoms with Crippen LogP contribution in [0, 0.1) is 6.92 Å². The van der Waals surface area contributed by atoms with Crippen LogP contribution < -0.4 is 14.5 Å². The molecular formula is C12H14ClN3O3S2. The van der Waals surface area contributed by atoms with Gasteiger partial charge in [0, 0.05) is 24.8 Å². The van der Waals surface area contributed by atoms with Crippen LogP contribution in [0.15, 0.2) is 27.2 Å². The maximum absolute atomic E-state index is 12.4. The second kappa shape index (κ2) is 5.70. The Morgan fingerprint density at radius 2 is 2.00 bits per heavy atom. The Hall–Kier alpha value is -1.51. The molecule has 2 rings (SSSR count). The molecule has 1 aromatic heterocycles. The smallest absolute Gasteiger partial charge is 0.306 e. The first-order chi connectivity index (χ1) is 9.70. The van der Waals surface area contributed by atoms with Crippen LogP contribution in [0.3, 0.4) is 0 Å². The molecule has 2 aromatic rings. The Morgan fingerprint density at radius 1 is 1.33 bits per heavy atom. The van der Waals surface area contributed by atoms with Crippen molar-refractivity contribution in [1.82, 2.24) is 4.98 Å². The van der Waals surface area contributed by atoms with Gasteiger partial charge >= 0.3 is 4.87 Å². The van der Waals surface area contributed by atoms with E-state index in [-0.39, 0.29) is 4.21 Å². The first-order valence-electron chi connectivity index (χ1n) is 5.90. The van der Waals surface area contributed by atoms with Crippen molar-refractivity contribution >= 4 is 44.3 Å². The van der Waals surface area contributed by atoms with Gasteiger partial charge in [-0.2, -0.15) is 0 Å². The summed E-state index contributed by atoms with van der Waals surface area (Å²) in [5, 5.41) is 0.414. The van der Waals surface area contributed by atoms with E-state index in [1.54, 1.807) is 31.1 Å². The molecule has 0 aliphatic heterocycles. The third-order valence-corrected chi connectivity index (χ3v) is 5.92. The normalized spacial score (nSPS) is 11.4. The molecule has 0 bridgehead atoms. The second-order valence-electron chi connectivity index (χ2n) is 4.59. The van der Waals surface area contributed by atoms with Crippen molar-refractivity contribution in [3.05, 3.63) is 38.6 Å². The molecular weight excluding hydrogens is 334 g/mol. The third-order valence-electron chi connectivity index (χ3n) is 2.71. The van der Waals surface area contributed by atoms with Crippen LogP contribution in [0.1, 0.15) is 5.69 Å². The molecule has 114 valence electrons. The molecule has 1 heterocycles. The average Bonchev–Trinajstić information content (AvgIpc) is 2.68. The van der Waals surface area contributed by atoms with Gasteiger partial charge in [-0.25, -0.2) is 8.42 Å². The number of aromatic nitrogens is 1. The molecule has 0 spiro atoms. The SMILES string of the molecule is Cc1[nH]c(=O)sc1S(=O)(=O)Nc1cc(Cl)ccc1N(C)C. The summed E-state index contributed by atoms with van der Waals surface area (Å²) in [5.41, 5.74) is 1.34. The average molecular weight is 348 g/mol. The number of thiazole rings is 1. The van der Waals surface area contributed by atoms with Gasteiger partial charge in [0.2, 0.25) is 0 Å². The fraction of sp³-hybridized carbons (Fsp3) is 0.250. The van der Waals surface area contributed by atoms with Crippen LogP contribution in [-0.4, -0.2) is 27.5 Å². The van der Waals surface area contributed by atoms with Crippen LogP contribution in [0.4, 0.5) is 11.4 Å². The highest BCUT2D eigenvalue weighted by molar-refractivity contribution is 7.94. The van der Waals surface area contributed by atoms with Gasteiger partial charge in [0.25, 0.3) is 10.0 Å². The lowest BCUT2D eigenvalue weighted by atomic mass is 10.2. The largest absolute Gasteiger partial charge is 0.376 e. The van der Waals surface area contributed by atoms with Crippen LogP contribution >= 0.6 is 22.9 Å². The van der Waals surface area contributed by atoms with E-state index in [4.69, 9.17) is 11.6 Å². The minimum atomic E-state index is -3.84. The first-order valence-corrected chi connectivity index (χ1v) is 8.58. The fourth-order valence-electron chi connectivity index (χ4n) is 1.82. The fourth-order valence-corrected chi connectivity index (χ4v) is 4.36. The summed E-state index contributed by atoms with van der Waals surface area (Å²) in [7, 11) is -0.259. The van der Waals surface area contributed by atoms with Gasteiger partial charge in [-0.05, 0) is 25.1 Å². The van der Waals surface area contributed by atoms with Gasteiger partial charge in [0.05, 0.1) is 11.4 Å². The molecule has 1 aromatic carbocycles. The molecule has 0 amide bonds. The zero-order valence-electron chi connectivity index (χ0n) is 11.6. The Labute approximate surface area is 131 Å². The van der Waals surface area contributed by atoms with Crippen molar-refractivity contribution in [3.63, 3.8) is 0 Å². The molecule has 0 aliphatic carbocycles. The number of aromatic amines is 1. The summed E-state index contributed by atoms with van der Waals surface area (Å²) in [6.45, 7) is 1.54. The first kappa shape index (κ1) is 15.9. The van der Waals surface area contributed by atoms with E-state index in [0.29, 0.717) is 33.4 Å². The highest BCUT2D eigenvalue weighted by Crippen LogP contribution is 2.30. The number of anilines is 2. The summed E-state index contributed by atoms with van der Waals surface area (Å²) in [5.74, 6) is 0. The van der Waals surface area contributed by atoms with Gasteiger partial charge in [-0.1, -0.05) is 22.9 Å². The number of rotatable bonds is 4. The molecule has 0 saturated heterocycles. The highest BCUT2D eigenvalue weighted by Gasteiger charge is 2.22. The summed E-state index contributed by atoms with van der Waals surface area (Å²) in [4.78, 5) is 15.1. The Bertz CT molecular complexity index is 825. The van der Waals surface area contributed by atoms with Crippen molar-refractivity contribution in [2.24, 2.45) is 0 Å². The monoisotopic (exact) mass is 347 g/mol. The topological polar surface area (TPSA) is 82.3 Å². The van der Waals surface area contributed by atoms with E-state index in [1.807, 2.05) is 0 Å². The maximum Gasteiger partial charge on any atom is 0.306 e. The Kier molecular flexibility index (Phi) is 4.31. The number of benzene rings is 1. The molecule has 0 aliphatic rings. The van der Waals surface area contributed by atoms with Gasteiger partial charge in [-0.15, -0.1) is 0 Å². The summed E-state index contributed by atoms with van der Waals surface area (Å²) >= 11 is 6.58. The summed E-state index contributed by atoms with van der Waals surface area (Å²) in [6, 6.07) is 4.92. The van der Waals surface area contributed by atoms with Crippen molar-refractivity contribution in [1.29, 1.82) is 0 Å². The number of hydrogen-bond acceptors (Lipinski definition) is 5. The molecule has 2 N–H and O–H groups in total. The van der Waals surface area contributed by atoms with Gasteiger partial charge in [0.1, 0.15) is 0 Å². The Balaban J connectivity index is 2.48.